The van der Waals surface area contributed by atoms with Crippen LogP contribution in [-0.4, -0.2) is 10.1 Å². The highest BCUT2D eigenvalue weighted by molar-refractivity contribution is 6.31. The average molecular weight is 195 g/mol. The molecule has 0 aliphatic heterocycles. The number of fused-ring (bicyclic) bond motifs is 1. The molecule has 3 nitrogen and oxygen atoms in total. The topological polar surface area (TPSA) is 59.1 Å². The Bertz CT molecular complexity index is 470. The zero-order chi connectivity index (χ0) is 9.42. The average Bonchev–Trinajstić information content (AvgIpc) is 2.12. The molecule has 66 valence electrons. The van der Waals surface area contributed by atoms with Crippen LogP contribution in [0.1, 0.15) is 0 Å². The molecule has 0 aliphatic rings. The van der Waals surface area contributed by atoms with E-state index in [0.29, 0.717) is 10.5 Å². The summed E-state index contributed by atoms with van der Waals surface area (Å²) in [6, 6.07) is 5.00. The number of hydrogen-bond acceptors (Lipinski definition) is 3. The number of phenolic OH excluding ortho intramolecular Hbond substituents is 1. The number of anilines is 1. The molecular formula is C9H7ClN2O. The van der Waals surface area contributed by atoms with Crippen molar-refractivity contribution in [2.24, 2.45) is 0 Å². The van der Waals surface area contributed by atoms with Gasteiger partial charge in [-0.2, -0.15) is 0 Å². The predicted molar refractivity (Wildman–Crippen MR) is 52.8 cm³/mol. The summed E-state index contributed by atoms with van der Waals surface area (Å²) in [7, 11) is 0. The van der Waals surface area contributed by atoms with Crippen molar-refractivity contribution < 1.29 is 5.11 Å². The first kappa shape index (κ1) is 8.13. The van der Waals surface area contributed by atoms with Gasteiger partial charge < -0.3 is 10.8 Å². The molecule has 2 aromatic rings. The number of nitrogen functional groups attached to an aromatic ring is 1. The van der Waals surface area contributed by atoms with Crippen molar-refractivity contribution >= 4 is 28.2 Å². The number of halogens is 1. The van der Waals surface area contributed by atoms with Crippen LogP contribution in [0.3, 0.4) is 0 Å². The third-order valence-electron chi connectivity index (χ3n) is 1.84. The van der Waals surface area contributed by atoms with E-state index < -0.39 is 0 Å². The molecule has 1 heterocycles. The molecule has 0 saturated carbocycles. The van der Waals surface area contributed by atoms with Crippen molar-refractivity contribution in [2.75, 3.05) is 5.73 Å². The molecule has 3 N–H and O–H groups in total. The Hall–Kier alpha value is -1.48. The monoisotopic (exact) mass is 194 g/mol. The molecule has 2 rings (SSSR count). The third kappa shape index (κ3) is 1.27. The van der Waals surface area contributed by atoms with E-state index in [1.165, 1.54) is 12.3 Å². The highest BCUT2D eigenvalue weighted by Crippen LogP contribution is 2.28. The van der Waals surface area contributed by atoms with E-state index in [0.717, 1.165) is 5.39 Å². The summed E-state index contributed by atoms with van der Waals surface area (Å²) in [5.41, 5.74) is 6.47. The number of hydrogen-bond donors (Lipinski definition) is 2. The summed E-state index contributed by atoms with van der Waals surface area (Å²) in [4.78, 5) is 4.02. The van der Waals surface area contributed by atoms with E-state index in [9.17, 15) is 5.11 Å². The molecule has 0 aliphatic carbocycles. The zero-order valence-electron chi connectivity index (χ0n) is 6.66. The van der Waals surface area contributed by atoms with Crippen LogP contribution in [0.15, 0.2) is 24.4 Å². The molecular weight excluding hydrogens is 188 g/mol. The third-order valence-corrected chi connectivity index (χ3v) is 2.04. The minimum absolute atomic E-state index is 0.0438. The maximum absolute atomic E-state index is 9.29. The first-order chi connectivity index (χ1) is 6.18. The number of rotatable bonds is 0. The van der Waals surface area contributed by atoms with Gasteiger partial charge in [-0.25, -0.2) is 0 Å². The van der Waals surface area contributed by atoms with Crippen molar-refractivity contribution in [3.05, 3.63) is 29.4 Å². The number of nitrogens with two attached hydrogens (primary N) is 1. The highest BCUT2D eigenvalue weighted by Gasteiger charge is 2.04. The van der Waals surface area contributed by atoms with Crippen molar-refractivity contribution in [1.29, 1.82) is 0 Å². The van der Waals surface area contributed by atoms with Gasteiger partial charge in [0.15, 0.2) is 0 Å². The molecule has 0 bridgehead atoms. The Morgan fingerprint density at radius 3 is 2.92 bits per heavy atom. The van der Waals surface area contributed by atoms with E-state index in [2.05, 4.69) is 4.98 Å². The Morgan fingerprint density at radius 1 is 1.38 bits per heavy atom. The fraction of sp³-hybridized carbons (Fsp3) is 0. The zero-order valence-corrected chi connectivity index (χ0v) is 7.42. The van der Waals surface area contributed by atoms with Gasteiger partial charge in [0.1, 0.15) is 11.4 Å². The summed E-state index contributed by atoms with van der Waals surface area (Å²) in [6.07, 6.45) is 1.50. The lowest BCUT2D eigenvalue weighted by atomic mass is 10.2. The molecule has 0 fully saturated rings. The predicted octanol–water partition coefficient (Wildman–Crippen LogP) is 2.18. The van der Waals surface area contributed by atoms with Crippen molar-refractivity contribution in [3.63, 3.8) is 0 Å². The van der Waals surface area contributed by atoms with Gasteiger partial charge in [0.05, 0.1) is 10.5 Å². The fourth-order valence-corrected chi connectivity index (χ4v) is 1.35. The number of nitrogens with zero attached hydrogens (tertiary/aromatic N) is 1. The molecule has 0 saturated heterocycles. The van der Waals surface area contributed by atoms with Crippen molar-refractivity contribution in [3.8, 4) is 5.75 Å². The van der Waals surface area contributed by atoms with E-state index in [-0.39, 0.29) is 11.4 Å². The van der Waals surface area contributed by atoms with Gasteiger partial charge in [0, 0.05) is 11.6 Å². The number of benzene rings is 1. The Labute approximate surface area is 79.8 Å². The van der Waals surface area contributed by atoms with E-state index >= 15 is 0 Å². The van der Waals surface area contributed by atoms with Crippen LogP contribution in [-0.2, 0) is 0 Å². The molecule has 4 heteroatoms. The minimum Gasteiger partial charge on any atom is -0.506 e. The number of aromatic hydroxyl groups is 1. The van der Waals surface area contributed by atoms with E-state index in [1.54, 1.807) is 12.1 Å². The second-order valence-corrected chi connectivity index (χ2v) is 3.16. The maximum atomic E-state index is 9.29. The number of pyridine rings is 1. The van der Waals surface area contributed by atoms with Gasteiger partial charge in [-0.15, -0.1) is 0 Å². The standard InChI is InChI=1S/C9H7ClN2O/c10-6-3-5-1-2-7(13)8(11)9(5)12-4-6/h1-4,13H,11H2. The molecule has 1 aromatic carbocycles. The minimum atomic E-state index is 0.0438. The molecule has 0 spiro atoms. The van der Waals surface area contributed by atoms with Crippen LogP contribution in [0.25, 0.3) is 10.9 Å². The van der Waals surface area contributed by atoms with Gasteiger partial charge in [-0.1, -0.05) is 11.6 Å². The van der Waals surface area contributed by atoms with Gasteiger partial charge in [-0.05, 0) is 18.2 Å². The first-order valence-electron chi connectivity index (χ1n) is 3.71. The van der Waals surface area contributed by atoms with Gasteiger partial charge in [0.2, 0.25) is 0 Å². The Kier molecular flexibility index (Phi) is 1.74. The van der Waals surface area contributed by atoms with Crippen molar-refractivity contribution in [2.45, 2.75) is 0 Å². The quantitative estimate of drug-likeness (QED) is 0.499. The molecule has 0 radical (unpaired) electrons. The van der Waals surface area contributed by atoms with Gasteiger partial charge in [-0.3, -0.25) is 4.98 Å². The van der Waals surface area contributed by atoms with Crippen LogP contribution < -0.4 is 5.73 Å². The lowest BCUT2D eigenvalue weighted by Gasteiger charge is -2.02. The molecule has 0 amide bonds. The van der Waals surface area contributed by atoms with E-state index in [1.807, 2.05) is 0 Å². The van der Waals surface area contributed by atoms with Gasteiger partial charge >= 0.3 is 0 Å². The highest BCUT2D eigenvalue weighted by atomic mass is 35.5. The number of aromatic nitrogens is 1. The Morgan fingerprint density at radius 2 is 2.15 bits per heavy atom. The molecule has 0 unspecified atom stereocenters. The smallest absolute Gasteiger partial charge is 0.140 e. The summed E-state index contributed by atoms with van der Waals surface area (Å²) < 4.78 is 0. The lowest BCUT2D eigenvalue weighted by molar-refractivity contribution is 0.478. The molecule has 1 aromatic heterocycles. The van der Waals surface area contributed by atoms with E-state index in [4.69, 9.17) is 17.3 Å². The largest absolute Gasteiger partial charge is 0.506 e. The second-order valence-electron chi connectivity index (χ2n) is 2.72. The van der Waals surface area contributed by atoms with Crippen LogP contribution in [0, 0.1) is 0 Å². The summed E-state index contributed by atoms with van der Waals surface area (Å²) >= 11 is 5.74. The summed E-state index contributed by atoms with van der Waals surface area (Å²) in [5, 5.41) is 10.7. The second kappa shape index (κ2) is 2.78. The van der Waals surface area contributed by atoms with Crippen molar-refractivity contribution in [1.82, 2.24) is 4.98 Å². The van der Waals surface area contributed by atoms with Crippen LogP contribution in [0.2, 0.25) is 5.02 Å². The van der Waals surface area contributed by atoms with Crippen LogP contribution >= 0.6 is 11.6 Å². The summed E-state index contributed by atoms with van der Waals surface area (Å²) in [5.74, 6) is 0.0438. The summed E-state index contributed by atoms with van der Waals surface area (Å²) in [6.45, 7) is 0. The first-order valence-corrected chi connectivity index (χ1v) is 4.09. The Balaban J connectivity index is 2.87. The van der Waals surface area contributed by atoms with Crippen LogP contribution in [0.4, 0.5) is 5.69 Å². The number of phenols is 1. The normalized spacial score (nSPS) is 10.5. The lowest BCUT2D eigenvalue weighted by Crippen LogP contribution is -1.89. The SMILES string of the molecule is Nc1c(O)ccc2cc(Cl)cnc12. The molecule has 13 heavy (non-hydrogen) atoms. The maximum Gasteiger partial charge on any atom is 0.140 e. The van der Waals surface area contributed by atoms with Crippen LogP contribution in [0.5, 0.6) is 5.75 Å². The van der Waals surface area contributed by atoms with Gasteiger partial charge in [0.25, 0.3) is 0 Å². The fourth-order valence-electron chi connectivity index (χ4n) is 1.19. The molecule has 0 atom stereocenters.